The highest BCUT2D eigenvalue weighted by atomic mass is 32.1. The monoisotopic (exact) mass is 284 g/mol. The second-order valence-corrected chi connectivity index (χ2v) is 5.79. The van der Waals surface area contributed by atoms with E-state index >= 15 is 0 Å². The third kappa shape index (κ3) is 3.15. The van der Waals surface area contributed by atoms with Crippen LogP contribution in [0.2, 0.25) is 0 Å². The number of furan rings is 1. The largest absolute Gasteiger partial charge is 0.468 e. The van der Waals surface area contributed by atoms with Gasteiger partial charge in [0, 0.05) is 12.7 Å². The van der Waals surface area contributed by atoms with Crippen molar-refractivity contribution < 1.29 is 4.42 Å². The predicted molar refractivity (Wildman–Crippen MR) is 81.5 cm³/mol. The van der Waals surface area contributed by atoms with Crippen LogP contribution < -0.4 is 5.32 Å². The molecule has 0 amide bonds. The molecule has 0 saturated heterocycles. The minimum Gasteiger partial charge on any atom is -0.468 e. The lowest BCUT2D eigenvalue weighted by Crippen LogP contribution is -2.11. The highest BCUT2D eigenvalue weighted by Gasteiger charge is 2.05. The first-order valence-corrected chi connectivity index (χ1v) is 7.38. The molecule has 102 valence electrons. The van der Waals surface area contributed by atoms with Gasteiger partial charge in [0.15, 0.2) is 0 Å². The molecule has 0 radical (unpaired) electrons. The molecule has 3 rings (SSSR count). The zero-order valence-corrected chi connectivity index (χ0v) is 12.1. The van der Waals surface area contributed by atoms with E-state index in [0.29, 0.717) is 0 Å². The van der Waals surface area contributed by atoms with Gasteiger partial charge < -0.3 is 9.73 Å². The highest BCUT2D eigenvalue weighted by molar-refractivity contribution is 7.15. The van der Waals surface area contributed by atoms with Crippen LogP contribution in [0.1, 0.15) is 16.3 Å². The van der Waals surface area contributed by atoms with E-state index in [1.165, 1.54) is 16.0 Å². The van der Waals surface area contributed by atoms with E-state index in [-0.39, 0.29) is 0 Å². The quantitative estimate of drug-likeness (QED) is 0.769. The highest BCUT2D eigenvalue weighted by Crippen LogP contribution is 2.26. The van der Waals surface area contributed by atoms with Gasteiger partial charge in [-0.3, -0.25) is 0 Å². The first-order valence-electron chi connectivity index (χ1n) is 6.56. The van der Waals surface area contributed by atoms with Crippen LogP contribution in [0.4, 0.5) is 0 Å². The van der Waals surface area contributed by atoms with Crippen molar-refractivity contribution >= 4 is 11.3 Å². The number of nitrogens with zero attached hydrogens (tertiary/aromatic N) is 1. The Bertz CT molecular complexity index is 673. The molecule has 2 heterocycles. The Morgan fingerprint density at radius 2 is 2.15 bits per heavy atom. The fourth-order valence-electron chi connectivity index (χ4n) is 2.03. The van der Waals surface area contributed by atoms with Crippen molar-refractivity contribution in [3.8, 4) is 10.4 Å². The Kier molecular flexibility index (Phi) is 3.95. The van der Waals surface area contributed by atoms with Crippen LogP contribution in [0.25, 0.3) is 10.4 Å². The van der Waals surface area contributed by atoms with Gasteiger partial charge in [-0.15, -0.1) is 11.3 Å². The summed E-state index contributed by atoms with van der Waals surface area (Å²) >= 11 is 1.73. The molecule has 1 N–H and O–H groups in total. The molecule has 0 fully saturated rings. The molecular weight excluding hydrogens is 268 g/mol. The Hall–Kier alpha value is -1.91. The van der Waals surface area contributed by atoms with Crippen molar-refractivity contribution in [1.29, 1.82) is 0 Å². The molecule has 0 unspecified atom stereocenters. The van der Waals surface area contributed by atoms with Crippen LogP contribution in [-0.4, -0.2) is 4.98 Å². The normalized spacial score (nSPS) is 10.8. The minimum atomic E-state index is 0.729. The maximum atomic E-state index is 5.28. The van der Waals surface area contributed by atoms with Gasteiger partial charge in [0.25, 0.3) is 0 Å². The second-order valence-electron chi connectivity index (χ2n) is 4.67. The van der Waals surface area contributed by atoms with E-state index in [2.05, 4.69) is 41.5 Å². The molecule has 3 aromatic rings. The topological polar surface area (TPSA) is 38.1 Å². The van der Waals surface area contributed by atoms with Gasteiger partial charge in [0.1, 0.15) is 10.8 Å². The number of thiazole rings is 1. The van der Waals surface area contributed by atoms with Gasteiger partial charge in [0.2, 0.25) is 0 Å². The summed E-state index contributed by atoms with van der Waals surface area (Å²) in [5, 5.41) is 4.43. The lowest BCUT2D eigenvalue weighted by Gasteiger charge is -1.99. The summed E-state index contributed by atoms with van der Waals surface area (Å²) in [6, 6.07) is 12.4. The average molecular weight is 284 g/mol. The summed E-state index contributed by atoms with van der Waals surface area (Å²) < 4.78 is 5.28. The maximum Gasteiger partial charge on any atom is 0.117 e. The van der Waals surface area contributed by atoms with Crippen molar-refractivity contribution in [2.24, 2.45) is 0 Å². The molecule has 0 atom stereocenters. The Morgan fingerprint density at radius 3 is 2.95 bits per heavy atom. The fourth-order valence-corrected chi connectivity index (χ4v) is 2.91. The number of hydrogen-bond donors (Lipinski definition) is 1. The third-order valence-corrected chi connectivity index (χ3v) is 4.06. The van der Waals surface area contributed by atoms with Gasteiger partial charge in [-0.25, -0.2) is 4.98 Å². The zero-order valence-electron chi connectivity index (χ0n) is 11.3. The third-order valence-electron chi connectivity index (χ3n) is 3.01. The van der Waals surface area contributed by atoms with Crippen LogP contribution in [0.3, 0.4) is 0 Å². The van der Waals surface area contributed by atoms with Gasteiger partial charge in [-0.2, -0.15) is 0 Å². The molecule has 0 aliphatic carbocycles. The van der Waals surface area contributed by atoms with Gasteiger partial charge >= 0.3 is 0 Å². The van der Waals surface area contributed by atoms with Crippen LogP contribution in [0.5, 0.6) is 0 Å². The number of hydrogen-bond acceptors (Lipinski definition) is 4. The summed E-state index contributed by atoms with van der Waals surface area (Å²) in [4.78, 5) is 5.68. The molecule has 20 heavy (non-hydrogen) atoms. The standard InChI is InChI=1S/C16H16N2OS/c1-12-4-2-5-13(8-12)15-10-18-16(20-15)11-17-9-14-6-3-7-19-14/h2-8,10,17H,9,11H2,1H3. The summed E-state index contributed by atoms with van der Waals surface area (Å²) in [5.74, 6) is 0.945. The first kappa shape index (κ1) is 13.1. The Morgan fingerprint density at radius 1 is 1.20 bits per heavy atom. The lowest BCUT2D eigenvalue weighted by atomic mass is 10.1. The van der Waals surface area contributed by atoms with E-state index in [0.717, 1.165) is 23.9 Å². The first-order chi connectivity index (χ1) is 9.81. The van der Waals surface area contributed by atoms with Crippen molar-refractivity contribution in [3.05, 3.63) is 65.2 Å². The van der Waals surface area contributed by atoms with Crippen LogP contribution in [-0.2, 0) is 13.1 Å². The number of aryl methyl sites for hydroxylation is 1. The molecule has 0 aliphatic heterocycles. The number of nitrogens with one attached hydrogen (secondary N) is 1. The van der Waals surface area contributed by atoms with Gasteiger partial charge in [-0.1, -0.05) is 29.8 Å². The van der Waals surface area contributed by atoms with Gasteiger partial charge in [0.05, 0.1) is 17.7 Å². The molecule has 0 aliphatic rings. The SMILES string of the molecule is Cc1cccc(-c2cnc(CNCc3ccco3)s2)c1. The number of rotatable bonds is 5. The Labute approximate surface area is 122 Å². The number of benzene rings is 1. The molecule has 0 saturated carbocycles. The van der Waals surface area contributed by atoms with Crippen LogP contribution in [0.15, 0.2) is 53.3 Å². The van der Waals surface area contributed by atoms with E-state index < -0.39 is 0 Å². The number of aromatic nitrogens is 1. The van der Waals surface area contributed by atoms with Crippen molar-refractivity contribution in [3.63, 3.8) is 0 Å². The molecule has 1 aromatic carbocycles. The molecule has 2 aromatic heterocycles. The molecular formula is C16H16N2OS. The van der Waals surface area contributed by atoms with Crippen LogP contribution in [0, 0.1) is 6.92 Å². The van der Waals surface area contributed by atoms with Crippen molar-refractivity contribution in [2.75, 3.05) is 0 Å². The van der Waals surface area contributed by atoms with Crippen molar-refractivity contribution in [2.45, 2.75) is 20.0 Å². The summed E-state index contributed by atoms with van der Waals surface area (Å²) in [6.45, 7) is 3.60. The van der Waals surface area contributed by atoms with E-state index in [1.54, 1.807) is 17.6 Å². The molecule has 0 spiro atoms. The molecule has 4 heteroatoms. The summed E-state index contributed by atoms with van der Waals surface area (Å²) in [6.07, 6.45) is 3.64. The summed E-state index contributed by atoms with van der Waals surface area (Å²) in [5.41, 5.74) is 2.51. The van der Waals surface area contributed by atoms with E-state index in [1.807, 2.05) is 18.3 Å². The minimum absolute atomic E-state index is 0.729. The average Bonchev–Trinajstić information content (AvgIpc) is 3.10. The smallest absolute Gasteiger partial charge is 0.117 e. The van der Waals surface area contributed by atoms with E-state index in [9.17, 15) is 0 Å². The maximum absolute atomic E-state index is 5.28. The Balaban J connectivity index is 1.62. The predicted octanol–water partition coefficient (Wildman–Crippen LogP) is 4.00. The fraction of sp³-hybridized carbons (Fsp3) is 0.188. The lowest BCUT2D eigenvalue weighted by molar-refractivity contribution is 0.483. The second kappa shape index (κ2) is 6.03. The molecule has 3 nitrogen and oxygen atoms in total. The van der Waals surface area contributed by atoms with Crippen molar-refractivity contribution in [1.82, 2.24) is 10.3 Å². The molecule has 0 bridgehead atoms. The van der Waals surface area contributed by atoms with E-state index in [4.69, 9.17) is 4.42 Å². The summed E-state index contributed by atoms with van der Waals surface area (Å²) in [7, 11) is 0. The van der Waals surface area contributed by atoms with Crippen LogP contribution >= 0.6 is 11.3 Å². The zero-order chi connectivity index (χ0) is 13.8. The van der Waals surface area contributed by atoms with Gasteiger partial charge in [-0.05, 0) is 24.6 Å².